The van der Waals surface area contributed by atoms with Gasteiger partial charge in [-0.2, -0.15) is 0 Å². The maximum absolute atomic E-state index is 12.1. The van der Waals surface area contributed by atoms with E-state index in [1.165, 1.54) is 6.92 Å². The molecule has 0 radical (unpaired) electrons. The average molecular weight is 330 g/mol. The second kappa shape index (κ2) is 8.14. The van der Waals surface area contributed by atoms with Gasteiger partial charge >= 0.3 is 5.97 Å². The van der Waals surface area contributed by atoms with E-state index in [-0.39, 0.29) is 17.6 Å². The van der Waals surface area contributed by atoms with Crippen molar-refractivity contribution in [3.8, 4) is 0 Å². The zero-order valence-electron chi connectivity index (χ0n) is 12.4. The number of nitrogens with one attached hydrogen (secondary N) is 1. The van der Waals surface area contributed by atoms with E-state index in [4.69, 9.17) is 4.74 Å². The first kappa shape index (κ1) is 17.6. The van der Waals surface area contributed by atoms with E-state index in [0.29, 0.717) is 22.1 Å². The van der Waals surface area contributed by atoms with Crippen LogP contribution in [0.25, 0.3) is 0 Å². The first-order valence-electron chi connectivity index (χ1n) is 6.51. The minimum Gasteiger partial charge on any atom is -0.462 e. The van der Waals surface area contributed by atoms with Crippen molar-refractivity contribution in [3.05, 3.63) is 10.6 Å². The summed E-state index contributed by atoms with van der Waals surface area (Å²) < 4.78 is 4.92. The number of carbonyl (C=O) groups excluding carboxylic acids is 3. The summed E-state index contributed by atoms with van der Waals surface area (Å²) in [5, 5.41) is 2.41. The van der Waals surface area contributed by atoms with Crippen molar-refractivity contribution >= 4 is 45.2 Å². The maximum atomic E-state index is 12.1. The summed E-state index contributed by atoms with van der Waals surface area (Å²) in [6.07, 6.45) is 0.533. The molecule has 0 bridgehead atoms. The molecule has 1 aromatic rings. The van der Waals surface area contributed by atoms with Gasteiger partial charge in [-0.1, -0.05) is 30.0 Å². The number of thioether (sulfide) groups is 1. The number of aromatic nitrogens is 1. The molecule has 1 heterocycles. The van der Waals surface area contributed by atoms with Crippen LogP contribution >= 0.6 is 23.1 Å². The van der Waals surface area contributed by atoms with E-state index in [1.807, 2.05) is 6.92 Å². The van der Waals surface area contributed by atoms with Crippen LogP contribution in [-0.2, 0) is 14.3 Å². The lowest BCUT2D eigenvalue weighted by atomic mass is 10.3. The van der Waals surface area contributed by atoms with Crippen LogP contribution in [0.1, 0.15) is 42.6 Å². The predicted octanol–water partition coefficient (Wildman–Crippen LogP) is 2.63. The fourth-order valence-electron chi connectivity index (χ4n) is 1.54. The summed E-state index contributed by atoms with van der Waals surface area (Å²) in [5.74, 6) is -0.736. The minimum absolute atomic E-state index is 0.112. The number of rotatable bonds is 6. The van der Waals surface area contributed by atoms with Gasteiger partial charge in [0.15, 0.2) is 10.2 Å². The monoisotopic (exact) mass is 330 g/mol. The van der Waals surface area contributed by atoms with E-state index in [1.54, 1.807) is 13.8 Å². The third-order valence-corrected chi connectivity index (χ3v) is 4.68. The van der Waals surface area contributed by atoms with Crippen LogP contribution in [0.5, 0.6) is 0 Å². The molecule has 1 aromatic heterocycles. The molecule has 1 atom stereocenters. The topological polar surface area (TPSA) is 85.4 Å². The van der Waals surface area contributed by atoms with E-state index in [0.717, 1.165) is 23.1 Å². The maximum Gasteiger partial charge on any atom is 0.350 e. The fraction of sp³-hybridized carbons (Fsp3) is 0.538. The molecule has 21 heavy (non-hydrogen) atoms. The van der Waals surface area contributed by atoms with E-state index in [2.05, 4.69) is 10.3 Å². The number of esters is 1. The molecule has 0 aromatic carbocycles. The van der Waals surface area contributed by atoms with Crippen LogP contribution < -0.4 is 5.32 Å². The second-order valence-electron chi connectivity index (χ2n) is 4.15. The van der Waals surface area contributed by atoms with Gasteiger partial charge in [0.1, 0.15) is 4.88 Å². The van der Waals surface area contributed by atoms with Crippen molar-refractivity contribution in [3.63, 3.8) is 0 Å². The van der Waals surface area contributed by atoms with Crippen molar-refractivity contribution in [2.75, 3.05) is 11.9 Å². The summed E-state index contributed by atoms with van der Waals surface area (Å²) in [4.78, 5) is 39.4. The van der Waals surface area contributed by atoms with Crippen molar-refractivity contribution < 1.29 is 19.1 Å². The number of aryl methyl sites for hydroxylation is 1. The molecule has 0 spiro atoms. The number of nitrogens with zero attached hydrogens (tertiary/aromatic N) is 1. The van der Waals surface area contributed by atoms with Crippen LogP contribution in [0.4, 0.5) is 5.13 Å². The molecule has 0 saturated heterocycles. The second-order valence-corrected chi connectivity index (χ2v) is 6.53. The molecule has 1 unspecified atom stereocenters. The predicted molar refractivity (Wildman–Crippen MR) is 83.8 cm³/mol. The Hall–Kier alpha value is -1.41. The molecule has 116 valence electrons. The molecule has 0 aliphatic heterocycles. The largest absolute Gasteiger partial charge is 0.462 e. The summed E-state index contributed by atoms with van der Waals surface area (Å²) in [6.45, 7) is 6.94. The van der Waals surface area contributed by atoms with Crippen LogP contribution in [0.2, 0.25) is 0 Å². The number of anilines is 1. The van der Waals surface area contributed by atoms with Gasteiger partial charge in [0, 0.05) is 6.92 Å². The lowest BCUT2D eigenvalue weighted by Crippen LogP contribution is -2.25. The fourth-order valence-corrected chi connectivity index (χ4v) is 3.14. The number of thiazole rings is 1. The number of hydrogen-bond acceptors (Lipinski definition) is 7. The van der Waals surface area contributed by atoms with Gasteiger partial charge in [-0.3, -0.25) is 9.59 Å². The normalized spacial score (nSPS) is 11.8. The highest BCUT2D eigenvalue weighted by Crippen LogP contribution is 2.25. The van der Waals surface area contributed by atoms with E-state index < -0.39 is 11.2 Å². The van der Waals surface area contributed by atoms with Crippen molar-refractivity contribution in [1.29, 1.82) is 0 Å². The molecule has 0 aliphatic rings. The van der Waals surface area contributed by atoms with Gasteiger partial charge in [0.25, 0.3) is 0 Å². The van der Waals surface area contributed by atoms with Crippen molar-refractivity contribution in [2.45, 2.75) is 39.4 Å². The molecular weight excluding hydrogens is 312 g/mol. The van der Waals surface area contributed by atoms with Gasteiger partial charge in [0.05, 0.1) is 17.6 Å². The van der Waals surface area contributed by atoms with Gasteiger partial charge in [-0.25, -0.2) is 9.78 Å². The standard InChI is InChI=1S/C13H18N2O4S2/c1-5-9(20-8(4)16)11(17)15-13-14-7(3)10(21-13)12(18)19-6-2/h9H,5-6H2,1-4H3,(H,14,15,17). The Bertz CT molecular complexity index is 542. The quantitative estimate of drug-likeness (QED) is 0.807. The molecule has 8 heteroatoms. The first-order valence-corrected chi connectivity index (χ1v) is 8.21. The Kier molecular flexibility index (Phi) is 6.83. The van der Waals surface area contributed by atoms with Crippen molar-refractivity contribution in [2.24, 2.45) is 0 Å². The van der Waals surface area contributed by atoms with Crippen LogP contribution in [0.15, 0.2) is 0 Å². The number of amides is 1. The zero-order chi connectivity index (χ0) is 16.0. The SMILES string of the molecule is CCOC(=O)c1sc(NC(=O)C(CC)SC(C)=O)nc1C. The van der Waals surface area contributed by atoms with Crippen LogP contribution in [-0.4, -0.2) is 33.8 Å². The molecule has 0 saturated carbocycles. The molecule has 1 rings (SSSR count). The highest BCUT2D eigenvalue weighted by atomic mass is 32.2. The number of ether oxygens (including phenoxy) is 1. The lowest BCUT2D eigenvalue weighted by Gasteiger charge is -2.10. The van der Waals surface area contributed by atoms with Gasteiger partial charge < -0.3 is 10.1 Å². The van der Waals surface area contributed by atoms with Crippen LogP contribution in [0.3, 0.4) is 0 Å². The third kappa shape index (κ3) is 5.13. The van der Waals surface area contributed by atoms with Crippen molar-refractivity contribution in [1.82, 2.24) is 4.98 Å². The summed E-state index contributed by atoms with van der Waals surface area (Å²) in [7, 11) is 0. The number of carbonyl (C=O) groups is 3. The molecule has 1 amide bonds. The van der Waals surface area contributed by atoms with Crippen LogP contribution in [0, 0.1) is 6.92 Å². The van der Waals surface area contributed by atoms with Gasteiger partial charge in [-0.15, -0.1) is 0 Å². The first-order chi connectivity index (χ1) is 9.88. The van der Waals surface area contributed by atoms with E-state index >= 15 is 0 Å². The molecule has 0 aliphatic carbocycles. The Labute approximate surface area is 131 Å². The Morgan fingerprint density at radius 1 is 1.38 bits per heavy atom. The number of hydrogen-bond donors (Lipinski definition) is 1. The molecule has 0 fully saturated rings. The lowest BCUT2D eigenvalue weighted by molar-refractivity contribution is -0.116. The molecule has 6 nitrogen and oxygen atoms in total. The molecule has 1 N–H and O–H groups in total. The average Bonchev–Trinajstić information content (AvgIpc) is 2.76. The van der Waals surface area contributed by atoms with Gasteiger partial charge in [-0.05, 0) is 20.3 Å². The summed E-state index contributed by atoms with van der Waals surface area (Å²) >= 11 is 2.06. The van der Waals surface area contributed by atoms with Gasteiger partial charge in [0.2, 0.25) is 5.91 Å². The summed E-state index contributed by atoms with van der Waals surface area (Å²) in [6, 6.07) is 0. The smallest absolute Gasteiger partial charge is 0.350 e. The Morgan fingerprint density at radius 3 is 2.57 bits per heavy atom. The highest BCUT2D eigenvalue weighted by molar-refractivity contribution is 8.14. The zero-order valence-corrected chi connectivity index (χ0v) is 14.0. The molecular formula is C13H18N2O4S2. The minimum atomic E-state index is -0.460. The third-order valence-electron chi connectivity index (χ3n) is 2.46. The van der Waals surface area contributed by atoms with E-state index in [9.17, 15) is 14.4 Å². The highest BCUT2D eigenvalue weighted by Gasteiger charge is 2.22. The Morgan fingerprint density at radius 2 is 2.05 bits per heavy atom. The Balaban J connectivity index is 2.79. The summed E-state index contributed by atoms with van der Waals surface area (Å²) in [5.41, 5.74) is 0.515.